The van der Waals surface area contributed by atoms with Crippen molar-refractivity contribution in [1.29, 1.82) is 0 Å². The van der Waals surface area contributed by atoms with Crippen LogP contribution in [0, 0.1) is 0 Å². The molecule has 1 N–H and O–H groups in total. The van der Waals surface area contributed by atoms with Gasteiger partial charge in [0.2, 0.25) is 0 Å². The third-order valence-corrected chi connectivity index (χ3v) is 4.04. The van der Waals surface area contributed by atoms with Gasteiger partial charge in [-0.2, -0.15) is 5.10 Å². The maximum Gasteiger partial charge on any atom is 0.277 e. The Hall–Kier alpha value is -1.85. The van der Waals surface area contributed by atoms with Gasteiger partial charge >= 0.3 is 0 Å². The molecule has 0 atom stereocenters. The van der Waals surface area contributed by atoms with Crippen molar-refractivity contribution in [2.24, 2.45) is 5.10 Å². The van der Waals surface area contributed by atoms with E-state index in [4.69, 9.17) is 16.3 Å². The molecule has 0 fully saturated rings. The fourth-order valence-electron chi connectivity index (χ4n) is 2.01. The summed E-state index contributed by atoms with van der Waals surface area (Å²) in [5.74, 6) is 0.302. The number of carbonyl (C=O) groups excluding carboxylic acids is 1. The lowest BCUT2D eigenvalue weighted by atomic mass is 10.1. The number of hydrazone groups is 1. The minimum absolute atomic E-state index is 0.107. The van der Waals surface area contributed by atoms with E-state index < -0.39 is 0 Å². The van der Waals surface area contributed by atoms with Gasteiger partial charge in [0.15, 0.2) is 6.61 Å². The molecular formula is C18H18BrClN2O2. The summed E-state index contributed by atoms with van der Waals surface area (Å²) in [6.45, 7) is 2.02. The van der Waals surface area contributed by atoms with Crippen LogP contribution < -0.4 is 10.2 Å². The second-order valence-corrected chi connectivity index (χ2v) is 6.44. The first-order valence-electron chi connectivity index (χ1n) is 7.57. The summed E-state index contributed by atoms with van der Waals surface area (Å²) >= 11 is 9.26. The molecule has 0 saturated carbocycles. The van der Waals surface area contributed by atoms with E-state index in [1.807, 2.05) is 30.3 Å². The summed E-state index contributed by atoms with van der Waals surface area (Å²) in [4.78, 5) is 11.8. The molecule has 1 amide bonds. The van der Waals surface area contributed by atoms with E-state index in [1.165, 1.54) is 5.56 Å². The van der Waals surface area contributed by atoms with E-state index >= 15 is 0 Å². The first-order chi connectivity index (χ1) is 11.6. The lowest BCUT2D eigenvalue weighted by Gasteiger charge is -2.08. The Morgan fingerprint density at radius 3 is 2.71 bits per heavy atom. The molecule has 2 rings (SSSR count). The topological polar surface area (TPSA) is 50.7 Å². The van der Waals surface area contributed by atoms with Crippen molar-refractivity contribution in [3.8, 4) is 5.75 Å². The van der Waals surface area contributed by atoms with Gasteiger partial charge < -0.3 is 4.74 Å². The van der Waals surface area contributed by atoms with Crippen molar-refractivity contribution in [2.45, 2.75) is 19.8 Å². The molecule has 24 heavy (non-hydrogen) atoms. The number of hydrogen-bond donors (Lipinski definition) is 1. The molecule has 2 aromatic carbocycles. The van der Waals surface area contributed by atoms with Gasteiger partial charge in [0.25, 0.3) is 5.91 Å². The Morgan fingerprint density at radius 2 is 2.04 bits per heavy atom. The highest BCUT2D eigenvalue weighted by Crippen LogP contribution is 2.26. The Morgan fingerprint density at radius 1 is 1.29 bits per heavy atom. The molecular weight excluding hydrogens is 392 g/mol. The third-order valence-electron chi connectivity index (χ3n) is 3.17. The minimum atomic E-state index is -0.329. The summed E-state index contributed by atoms with van der Waals surface area (Å²) in [5.41, 5.74) is 4.50. The summed E-state index contributed by atoms with van der Waals surface area (Å²) in [5, 5.41) is 4.54. The molecule has 126 valence electrons. The third kappa shape index (κ3) is 5.98. The van der Waals surface area contributed by atoms with Gasteiger partial charge in [-0.05, 0) is 57.7 Å². The smallest absolute Gasteiger partial charge is 0.277 e. The summed E-state index contributed by atoms with van der Waals surface area (Å²) in [7, 11) is 0. The Labute approximate surface area is 155 Å². The number of nitrogens with zero attached hydrogens (tertiary/aromatic N) is 1. The van der Waals surface area contributed by atoms with Gasteiger partial charge in [-0.3, -0.25) is 4.79 Å². The minimum Gasteiger partial charge on any atom is -0.483 e. The first kappa shape index (κ1) is 18.5. The highest BCUT2D eigenvalue weighted by molar-refractivity contribution is 9.10. The van der Waals surface area contributed by atoms with Gasteiger partial charge in [0.1, 0.15) is 5.75 Å². The van der Waals surface area contributed by atoms with E-state index in [1.54, 1.807) is 18.3 Å². The SMILES string of the molecule is CCCc1ccc(OCC(=O)N/N=C/c2ccc(Cl)cc2)c(Br)c1. The van der Waals surface area contributed by atoms with E-state index in [0.29, 0.717) is 10.8 Å². The normalized spacial score (nSPS) is 10.8. The van der Waals surface area contributed by atoms with E-state index in [-0.39, 0.29) is 12.5 Å². The maximum atomic E-state index is 11.8. The van der Waals surface area contributed by atoms with Crippen LogP contribution in [0.4, 0.5) is 0 Å². The van der Waals surface area contributed by atoms with Crippen molar-refractivity contribution in [1.82, 2.24) is 5.43 Å². The van der Waals surface area contributed by atoms with Crippen molar-refractivity contribution in [3.05, 3.63) is 63.1 Å². The Balaban J connectivity index is 1.81. The lowest BCUT2D eigenvalue weighted by Crippen LogP contribution is -2.24. The molecule has 0 aromatic heterocycles. The summed E-state index contributed by atoms with van der Waals surface area (Å²) < 4.78 is 6.34. The molecule has 0 spiro atoms. The van der Waals surface area contributed by atoms with Crippen LogP contribution in [0.2, 0.25) is 5.02 Å². The standard InChI is InChI=1S/C18H18BrClN2O2/c1-2-3-13-6-9-17(16(19)10-13)24-12-18(23)22-21-11-14-4-7-15(20)8-5-14/h4-11H,2-3,12H2,1H3,(H,22,23)/b21-11+. The number of benzene rings is 2. The van der Waals surface area contributed by atoms with Crippen molar-refractivity contribution >= 4 is 39.7 Å². The average molecular weight is 410 g/mol. The van der Waals surface area contributed by atoms with Crippen LogP contribution in [0.15, 0.2) is 52.0 Å². The van der Waals surface area contributed by atoms with Crippen molar-refractivity contribution < 1.29 is 9.53 Å². The lowest BCUT2D eigenvalue weighted by molar-refractivity contribution is -0.123. The van der Waals surface area contributed by atoms with Gasteiger partial charge in [-0.1, -0.05) is 43.1 Å². The Kier molecular flexibility index (Phi) is 7.28. The highest BCUT2D eigenvalue weighted by atomic mass is 79.9. The van der Waals surface area contributed by atoms with Gasteiger partial charge in [0, 0.05) is 5.02 Å². The van der Waals surface area contributed by atoms with Gasteiger partial charge in [-0.15, -0.1) is 0 Å². The van der Waals surface area contributed by atoms with E-state index in [9.17, 15) is 4.79 Å². The number of hydrogen-bond acceptors (Lipinski definition) is 3. The zero-order valence-corrected chi connectivity index (χ0v) is 15.6. The molecule has 0 bridgehead atoms. The molecule has 0 radical (unpaired) electrons. The number of amides is 1. The van der Waals surface area contributed by atoms with Crippen LogP contribution in [0.3, 0.4) is 0 Å². The number of nitrogens with one attached hydrogen (secondary N) is 1. The second kappa shape index (κ2) is 9.45. The average Bonchev–Trinajstić information content (AvgIpc) is 2.56. The van der Waals surface area contributed by atoms with Crippen LogP contribution in [-0.2, 0) is 11.2 Å². The van der Waals surface area contributed by atoms with Crippen LogP contribution in [0.5, 0.6) is 5.75 Å². The van der Waals surface area contributed by atoms with Crippen LogP contribution in [-0.4, -0.2) is 18.7 Å². The molecule has 0 aliphatic rings. The van der Waals surface area contributed by atoms with Crippen LogP contribution >= 0.6 is 27.5 Å². The highest BCUT2D eigenvalue weighted by Gasteiger charge is 2.06. The molecule has 4 nitrogen and oxygen atoms in total. The Bertz CT molecular complexity index is 717. The second-order valence-electron chi connectivity index (χ2n) is 5.15. The molecule has 0 unspecified atom stereocenters. The van der Waals surface area contributed by atoms with Crippen LogP contribution in [0.25, 0.3) is 0 Å². The number of aryl methyl sites for hydroxylation is 1. The number of rotatable bonds is 7. The molecule has 0 aliphatic carbocycles. The summed E-state index contributed by atoms with van der Waals surface area (Å²) in [6, 6.07) is 13.0. The number of carbonyl (C=O) groups is 1. The van der Waals surface area contributed by atoms with Crippen molar-refractivity contribution in [2.75, 3.05) is 6.61 Å². The van der Waals surface area contributed by atoms with E-state index in [2.05, 4.69) is 33.4 Å². The van der Waals surface area contributed by atoms with Gasteiger partial charge in [-0.25, -0.2) is 5.43 Å². The predicted octanol–water partition coefficient (Wildman–Crippen LogP) is 4.58. The zero-order valence-electron chi connectivity index (χ0n) is 13.3. The van der Waals surface area contributed by atoms with E-state index in [0.717, 1.165) is 22.9 Å². The fourth-order valence-corrected chi connectivity index (χ4v) is 2.68. The number of ether oxygens (including phenoxy) is 1. The van der Waals surface area contributed by atoms with Crippen molar-refractivity contribution in [3.63, 3.8) is 0 Å². The largest absolute Gasteiger partial charge is 0.483 e. The molecule has 2 aromatic rings. The van der Waals surface area contributed by atoms with Crippen LogP contribution in [0.1, 0.15) is 24.5 Å². The quantitative estimate of drug-likeness (QED) is 0.537. The first-order valence-corrected chi connectivity index (χ1v) is 8.74. The molecule has 0 saturated heterocycles. The summed E-state index contributed by atoms with van der Waals surface area (Å²) in [6.07, 6.45) is 3.64. The number of halogens is 2. The predicted molar refractivity (Wildman–Crippen MR) is 101 cm³/mol. The molecule has 0 aliphatic heterocycles. The maximum absolute atomic E-state index is 11.8. The van der Waals surface area contributed by atoms with Gasteiger partial charge in [0.05, 0.1) is 10.7 Å². The molecule has 0 heterocycles. The fraction of sp³-hybridized carbons (Fsp3) is 0.222. The monoisotopic (exact) mass is 408 g/mol. The molecule has 6 heteroatoms. The zero-order chi connectivity index (χ0) is 17.4.